The van der Waals surface area contributed by atoms with Gasteiger partial charge < -0.3 is 15.4 Å². The molecule has 1 aliphatic rings. The van der Waals surface area contributed by atoms with Crippen LogP contribution in [0.1, 0.15) is 44.8 Å². The zero-order valence-electron chi connectivity index (χ0n) is 21.6. The number of thioether (sulfide) groups is 1. The Bertz CT molecular complexity index is 1480. The highest BCUT2D eigenvalue weighted by Crippen LogP contribution is 2.48. The summed E-state index contributed by atoms with van der Waals surface area (Å²) in [6.07, 6.45) is 4.73. The Kier molecular flexibility index (Phi) is 8.94. The molecule has 3 aromatic carbocycles. The monoisotopic (exact) mass is 591 g/mol. The molecule has 6 nitrogen and oxygen atoms in total. The summed E-state index contributed by atoms with van der Waals surface area (Å²) >= 11 is 14.3. The Morgan fingerprint density at radius 3 is 2.45 bits per heavy atom. The quantitative estimate of drug-likeness (QED) is 0.209. The number of hydrogen-bond donors (Lipinski definition) is 2. The minimum absolute atomic E-state index is 0.121. The van der Waals surface area contributed by atoms with Gasteiger partial charge in [0.1, 0.15) is 6.04 Å². The van der Waals surface area contributed by atoms with Gasteiger partial charge in [0.25, 0.3) is 5.91 Å². The second-order valence-corrected chi connectivity index (χ2v) is 11.5. The summed E-state index contributed by atoms with van der Waals surface area (Å²) in [4.78, 5) is 31.1. The SMILES string of the molecule is COC(=O)C(Cc1ccc2c(c1)C(Sc1ccccc1)CC(c1ccncc1)N2)NC(=O)c1c(Cl)cccc1Cl. The van der Waals surface area contributed by atoms with Crippen molar-refractivity contribution in [3.05, 3.63) is 124 Å². The minimum atomic E-state index is -0.927. The van der Waals surface area contributed by atoms with Crippen molar-refractivity contribution in [3.63, 3.8) is 0 Å². The van der Waals surface area contributed by atoms with Crippen molar-refractivity contribution in [1.82, 2.24) is 10.3 Å². The predicted molar refractivity (Wildman–Crippen MR) is 160 cm³/mol. The molecule has 0 saturated heterocycles. The number of nitrogens with zero attached hydrogens (tertiary/aromatic N) is 1. The molecule has 3 atom stereocenters. The van der Waals surface area contributed by atoms with Gasteiger partial charge in [0.05, 0.1) is 28.8 Å². The molecule has 0 saturated carbocycles. The van der Waals surface area contributed by atoms with Crippen molar-refractivity contribution in [2.24, 2.45) is 0 Å². The highest BCUT2D eigenvalue weighted by Gasteiger charge is 2.30. The molecule has 40 heavy (non-hydrogen) atoms. The van der Waals surface area contributed by atoms with Crippen LogP contribution in [0.2, 0.25) is 10.0 Å². The normalized spacial score (nSPS) is 16.8. The molecular formula is C31H27Cl2N3O3S. The lowest BCUT2D eigenvalue weighted by Crippen LogP contribution is -2.43. The number of carbonyl (C=O) groups is 2. The molecule has 3 unspecified atom stereocenters. The van der Waals surface area contributed by atoms with Gasteiger partial charge >= 0.3 is 5.97 Å². The van der Waals surface area contributed by atoms with Gasteiger partial charge in [-0.1, -0.05) is 59.6 Å². The first-order valence-electron chi connectivity index (χ1n) is 12.8. The molecule has 0 bridgehead atoms. The Labute approximate surface area is 247 Å². The highest BCUT2D eigenvalue weighted by atomic mass is 35.5. The number of nitrogens with one attached hydrogen (secondary N) is 2. The van der Waals surface area contributed by atoms with Crippen LogP contribution >= 0.6 is 35.0 Å². The van der Waals surface area contributed by atoms with Crippen molar-refractivity contribution in [2.45, 2.75) is 35.1 Å². The Morgan fingerprint density at radius 2 is 1.75 bits per heavy atom. The van der Waals surface area contributed by atoms with Gasteiger partial charge in [-0.25, -0.2) is 4.79 Å². The maximum Gasteiger partial charge on any atom is 0.328 e. The molecule has 0 aliphatic carbocycles. The van der Waals surface area contributed by atoms with E-state index < -0.39 is 17.9 Å². The van der Waals surface area contributed by atoms with Crippen molar-refractivity contribution in [3.8, 4) is 0 Å². The Morgan fingerprint density at radius 1 is 1.02 bits per heavy atom. The van der Waals surface area contributed by atoms with Gasteiger partial charge in [0.15, 0.2) is 0 Å². The molecule has 5 rings (SSSR count). The molecule has 0 radical (unpaired) electrons. The molecule has 9 heteroatoms. The van der Waals surface area contributed by atoms with Crippen LogP contribution in [-0.4, -0.2) is 30.0 Å². The average Bonchev–Trinajstić information content (AvgIpc) is 2.97. The number of esters is 1. The number of aromatic nitrogens is 1. The number of fused-ring (bicyclic) bond motifs is 1. The largest absolute Gasteiger partial charge is 0.467 e. The van der Waals surface area contributed by atoms with E-state index in [1.54, 1.807) is 18.2 Å². The zero-order chi connectivity index (χ0) is 28.1. The molecular weight excluding hydrogens is 565 g/mol. The first kappa shape index (κ1) is 28.0. The third kappa shape index (κ3) is 6.44. The molecule has 1 amide bonds. The zero-order valence-corrected chi connectivity index (χ0v) is 24.0. The van der Waals surface area contributed by atoms with E-state index in [4.69, 9.17) is 27.9 Å². The number of anilines is 1. The number of hydrogen-bond acceptors (Lipinski definition) is 6. The number of ether oxygens (including phenoxy) is 1. The lowest BCUT2D eigenvalue weighted by atomic mass is 9.91. The second-order valence-electron chi connectivity index (χ2n) is 9.40. The van der Waals surface area contributed by atoms with Crippen LogP contribution in [0.3, 0.4) is 0 Å². The maximum atomic E-state index is 13.1. The van der Waals surface area contributed by atoms with E-state index in [-0.39, 0.29) is 33.3 Å². The Hall–Kier alpha value is -3.52. The van der Waals surface area contributed by atoms with Crippen LogP contribution in [0.4, 0.5) is 5.69 Å². The molecule has 204 valence electrons. The molecule has 0 spiro atoms. The third-order valence-electron chi connectivity index (χ3n) is 6.79. The van der Waals surface area contributed by atoms with Crippen molar-refractivity contribution in [2.75, 3.05) is 12.4 Å². The van der Waals surface area contributed by atoms with Crippen LogP contribution in [0.25, 0.3) is 0 Å². The number of rotatable bonds is 8. The fourth-order valence-electron chi connectivity index (χ4n) is 4.83. The fourth-order valence-corrected chi connectivity index (χ4v) is 6.65. The highest BCUT2D eigenvalue weighted by molar-refractivity contribution is 7.99. The van der Waals surface area contributed by atoms with Crippen LogP contribution in [0.5, 0.6) is 0 Å². The molecule has 1 aliphatic heterocycles. The summed E-state index contributed by atoms with van der Waals surface area (Å²) in [7, 11) is 1.30. The van der Waals surface area contributed by atoms with Crippen molar-refractivity contribution in [1.29, 1.82) is 0 Å². The Balaban J connectivity index is 1.43. The lowest BCUT2D eigenvalue weighted by Gasteiger charge is -2.34. The topological polar surface area (TPSA) is 80.3 Å². The summed E-state index contributed by atoms with van der Waals surface area (Å²) in [6.45, 7) is 0. The molecule has 0 fully saturated rings. The standard InChI is InChI=1S/C31H27Cl2N3O3S/c1-39-31(38)27(36-30(37)29-23(32)8-5-9-24(29)33)17-19-10-11-25-22(16-19)28(40-21-6-3-2-4-7-21)18-26(35-25)20-12-14-34-15-13-20/h2-16,26-28,35H,17-18H2,1H3,(H,36,37). The van der Waals surface area contributed by atoms with Crippen LogP contribution < -0.4 is 10.6 Å². The van der Waals surface area contributed by atoms with Gasteiger partial charge in [-0.2, -0.15) is 0 Å². The van der Waals surface area contributed by atoms with E-state index in [2.05, 4.69) is 33.8 Å². The number of pyridine rings is 1. The van der Waals surface area contributed by atoms with E-state index in [0.29, 0.717) is 0 Å². The first-order valence-corrected chi connectivity index (χ1v) is 14.4. The summed E-state index contributed by atoms with van der Waals surface area (Å²) in [5, 5.41) is 7.01. The molecule has 2 N–H and O–H groups in total. The van der Waals surface area contributed by atoms with Gasteiger partial charge in [0.2, 0.25) is 0 Å². The summed E-state index contributed by atoms with van der Waals surface area (Å²) < 4.78 is 5.02. The van der Waals surface area contributed by atoms with Crippen LogP contribution in [-0.2, 0) is 16.0 Å². The smallest absolute Gasteiger partial charge is 0.328 e. The van der Waals surface area contributed by atoms with E-state index in [0.717, 1.165) is 23.2 Å². The molecule has 1 aromatic heterocycles. The average molecular weight is 593 g/mol. The van der Waals surface area contributed by atoms with E-state index in [9.17, 15) is 9.59 Å². The summed E-state index contributed by atoms with van der Waals surface area (Å²) in [5.41, 5.74) is 4.36. The lowest BCUT2D eigenvalue weighted by molar-refractivity contribution is -0.142. The van der Waals surface area contributed by atoms with E-state index in [1.165, 1.54) is 17.6 Å². The summed E-state index contributed by atoms with van der Waals surface area (Å²) in [5.74, 6) is -1.09. The predicted octanol–water partition coefficient (Wildman–Crippen LogP) is 7.29. The third-order valence-corrected chi connectivity index (χ3v) is 8.70. The van der Waals surface area contributed by atoms with Crippen molar-refractivity contribution < 1.29 is 14.3 Å². The van der Waals surface area contributed by atoms with Gasteiger partial charge in [-0.05, 0) is 65.6 Å². The van der Waals surface area contributed by atoms with Crippen LogP contribution in [0, 0.1) is 0 Å². The first-order chi connectivity index (χ1) is 19.4. The molecule has 2 heterocycles. The number of amides is 1. The maximum absolute atomic E-state index is 13.1. The van der Waals surface area contributed by atoms with Gasteiger partial charge in [-0.15, -0.1) is 11.8 Å². The number of halogens is 2. The van der Waals surface area contributed by atoms with Gasteiger partial charge in [-0.3, -0.25) is 9.78 Å². The fraction of sp³-hybridized carbons (Fsp3) is 0.194. The summed E-state index contributed by atoms with van der Waals surface area (Å²) in [6, 6.07) is 24.5. The number of carbonyl (C=O) groups excluding carboxylic acids is 2. The number of methoxy groups -OCH3 is 1. The van der Waals surface area contributed by atoms with Gasteiger partial charge in [0, 0.05) is 34.6 Å². The van der Waals surface area contributed by atoms with E-state index in [1.807, 2.05) is 66.6 Å². The second kappa shape index (κ2) is 12.8. The number of benzene rings is 3. The minimum Gasteiger partial charge on any atom is -0.467 e. The van der Waals surface area contributed by atoms with Crippen LogP contribution in [0.15, 0.2) is 96.2 Å². The van der Waals surface area contributed by atoms with E-state index >= 15 is 0 Å². The molecule has 4 aromatic rings. The van der Waals surface area contributed by atoms with Crippen molar-refractivity contribution >= 4 is 52.5 Å².